The summed E-state index contributed by atoms with van der Waals surface area (Å²) < 4.78 is 10.8. The molecular formula is C16H18O4. The Morgan fingerprint density at radius 3 is 2.60 bits per heavy atom. The molecule has 1 unspecified atom stereocenters. The largest absolute Gasteiger partial charge is 0.490 e. The molecule has 0 saturated carbocycles. The predicted octanol–water partition coefficient (Wildman–Crippen LogP) is 2.73. The predicted molar refractivity (Wildman–Crippen MR) is 73.8 cm³/mol. The van der Waals surface area contributed by atoms with Crippen LogP contribution >= 0.6 is 0 Å². The van der Waals surface area contributed by atoms with Crippen molar-refractivity contribution in [2.45, 2.75) is 32.3 Å². The maximum Gasteiger partial charge on any atom is 0.303 e. The highest BCUT2D eigenvalue weighted by Crippen LogP contribution is 2.38. The van der Waals surface area contributed by atoms with Gasteiger partial charge in [0.1, 0.15) is 0 Å². The van der Waals surface area contributed by atoms with Crippen molar-refractivity contribution >= 4 is 11.8 Å². The second-order valence-electron chi connectivity index (χ2n) is 4.66. The zero-order valence-electron chi connectivity index (χ0n) is 11.7. The van der Waals surface area contributed by atoms with Gasteiger partial charge >= 0.3 is 5.97 Å². The molecule has 0 saturated heterocycles. The van der Waals surface area contributed by atoms with Gasteiger partial charge in [-0.05, 0) is 19.4 Å². The zero-order valence-corrected chi connectivity index (χ0v) is 11.7. The number of ether oxygens (including phenoxy) is 2. The molecule has 0 N–H and O–H groups in total. The van der Waals surface area contributed by atoms with Crippen LogP contribution in [-0.2, 0) is 24.7 Å². The fraction of sp³-hybridized carbons (Fsp3) is 0.375. The molecule has 0 aliphatic heterocycles. The van der Waals surface area contributed by atoms with Gasteiger partial charge in [0.05, 0.1) is 6.61 Å². The van der Waals surface area contributed by atoms with Crippen LogP contribution in [0.2, 0.25) is 0 Å². The van der Waals surface area contributed by atoms with Crippen molar-refractivity contribution in [3.8, 4) is 0 Å². The summed E-state index contributed by atoms with van der Waals surface area (Å²) in [6.45, 7) is 3.54. The molecule has 1 aromatic rings. The van der Waals surface area contributed by atoms with Crippen LogP contribution in [0.15, 0.2) is 42.2 Å². The molecule has 0 aromatic heterocycles. The molecule has 2 rings (SSSR count). The zero-order chi connectivity index (χ0) is 14.6. The first-order valence-electron chi connectivity index (χ1n) is 6.73. The molecule has 0 radical (unpaired) electrons. The van der Waals surface area contributed by atoms with Crippen LogP contribution < -0.4 is 0 Å². The average Bonchev–Trinajstić information content (AvgIpc) is 2.44. The third kappa shape index (κ3) is 2.59. The number of ketones is 1. The second kappa shape index (κ2) is 5.90. The van der Waals surface area contributed by atoms with E-state index in [4.69, 9.17) is 9.47 Å². The Kier molecular flexibility index (Phi) is 4.23. The lowest BCUT2D eigenvalue weighted by molar-refractivity contribution is -0.168. The summed E-state index contributed by atoms with van der Waals surface area (Å²) in [7, 11) is 0. The topological polar surface area (TPSA) is 52.6 Å². The summed E-state index contributed by atoms with van der Waals surface area (Å²) in [5.41, 5.74) is -0.572. The van der Waals surface area contributed by atoms with E-state index in [1.54, 1.807) is 18.2 Å². The Hall–Kier alpha value is -2.10. The number of Topliss-reactive ketones (excluding diaryl/α,β-unsaturated/α-hetero) is 1. The van der Waals surface area contributed by atoms with Gasteiger partial charge in [-0.15, -0.1) is 0 Å². The molecule has 1 aromatic carbocycles. The number of carbonyl (C=O) groups excluding carboxylic acids is 2. The SMILES string of the molecule is CCOC1=CCCC(OC(C)=O)(c2ccccc2)C1=O. The van der Waals surface area contributed by atoms with Gasteiger partial charge in [-0.25, -0.2) is 0 Å². The number of esters is 1. The van der Waals surface area contributed by atoms with Crippen LogP contribution in [-0.4, -0.2) is 18.4 Å². The van der Waals surface area contributed by atoms with E-state index >= 15 is 0 Å². The summed E-state index contributed by atoms with van der Waals surface area (Å²) in [6.07, 6.45) is 2.83. The van der Waals surface area contributed by atoms with E-state index in [0.717, 1.165) is 0 Å². The Morgan fingerprint density at radius 2 is 2.00 bits per heavy atom. The molecule has 1 aliphatic carbocycles. The van der Waals surface area contributed by atoms with Crippen LogP contribution in [0.25, 0.3) is 0 Å². The Balaban J connectivity index is 2.46. The molecule has 4 heteroatoms. The van der Waals surface area contributed by atoms with Gasteiger partial charge in [0.15, 0.2) is 5.76 Å². The molecule has 0 spiro atoms. The number of carbonyl (C=O) groups is 2. The maximum absolute atomic E-state index is 12.7. The first-order chi connectivity index (χ1) is 9.60. The summed E-state index contributed by atoms with van der Waals surface area (Å²) in [5, 5.41) is 0. The molecule has 0 bridgehead atoms. The van der Waals surface area contributed by atoms with Gasteiger partial charge < -0.3 is 9.47 Å². The Morgan fingerprint density at radius 1 is 1.30 bits per heavy atom. The van der Waals surface area contributed by atoms with Gasteiger partial charge in [-0.2, -0.15) is 0 Å². The van der Waals surface area contributed by atoms with Gasteiger partial charge in [-0.1, -0.05) is 30.3 Å². The summed E-state index contributed by atoms with van der Waals surface area (Å²) in [4.78, 5) is 24.2. The molecule has 1 aliphatic rings. The van der Waals surface area contributed by atoms with Crippen molar-refractivity contribution in [2.24, 2.45) is 0 Å². The van der Waals surface area contributed by atoms with Crippen molar-refractivity contribution in [1.29, 1.82) is 0 Å². The van der Waals surface area contributed by atoms with Crippen LogP contribution in [0, 0.1) is 0 Å². The summed E-state index contributed by atoms with van der Waals surface area (Å²) in [6, 6.07) is 9.11. The summed E-state index contributed by atoms with van der Waals surface area (Å²) in [5.74, 6) is -0.476. The van der Waals surface area contributed by atoms with Crippen molar-refractivity contribution in [3.63, 3.8) is 0 Å². The average molecular weight is 274 g/mol. The van der Waals surface area contributed by atoms with Crippen molar-refractivity contribution in [3.05, 3.63) is 47.7 Å². The van der Waals surface area contributed by atoms with Gasteiger partial charge in [0, 0.05) is 18.9 Å². The van der Waals surface area contributed by atoms with E-state index in [1.807, 2.05) is 25.1 Å². The third-order valence-electron chi connectivity index (χ3n) is 3.27. The highest BCUT2D eigenvalue weighted by molar-refractivity contribution is 6.02. The minimum absolute atomic E-state index is 0.281. The van der Waals surface area contributed by atoms with Crippen LogP contribution in [0.4, 0.5) is 0 Å². The van der Waals surface area contributed by atoms with Crippen LogP contribution in [0.1, 0.15) is 32.3 Å². The quantitative estimate of drug-likeness (QED) is 0.792. The highest BCUT2D eigenvalue weighted by atomic mass is 16.6. The Labute approximate surface area is 118 Å². The number of hydrogen-bond donors (Lipinski definition) is 0. The van der Waals surface area contributed by atoms with E-state index in [0.29, 0.717) is 25.0 Å². The van der Waals surface area contributed by atoms with Crippen LogP contribution in [0.3, 0.4) is 0 Å². The molecular weight excluding hydrogens is 256 g/mol. The van der Waals surface area contributed by atoms with Gasteiger partial charge in [0.25, 0.3) is 0 Å². The monoisotopic (exact) mass is 274 g/mol. The molecule has 0 amide bonds. The highest BCUT2D eigenvalue weighted by Gasteiger charge is 2.47. The molecule has 20 heavy (non-hydrogen) atoms. The number of benzene rings is 1. The van der Waals surface area contributed by atoms with Crippen LogP contribution in [0.5, 0.6) is 0 Å². The Bertz CT molecular complexity index is 533. The van der Waals surface area contributed by atoms with E-state index in [2.05, 4.69) is 0 Å². The third-order valence-corrected chi connectivity index (χ3v) is 3.27. The van der Waals surface area contributed by atoms with E-state index in [9.17, 15) is 9.59 Å². The second-order valence-corrected chi connectivity index (χ2v) is 4.66. The van der Waals surface area contributed by atoms with Gasteiger partial charge in [0.2, 0.25) is 11.4 Å². The van der Waals surface area contributed by atoms with E-state index < -0.39 is 11.6 Å². The molecule has 0 heterocycles. The number of hydrogen-bond acceptors (Lipinski definition) is 4. The maximum atomic E-state index is 12.7. The van der Waals surface area contributed by atoms with E-state index in [-0.39, 0.29) is 11.5 Å². The lowest BCUT2D eigenvalue weighted by Gasteiger charge is -2.34. The fourth-order valence-electron chi connectivity index (χ4n) is 2.48. The lowest BCUT2D eigenvalue weighted by Crippen LogP contribution is -2.43. The first-order valence-corrected chi connectivity index (χ1v) is 6.73. The minimum Gasteiger partial charge on any atom is -0.490 e. The minimum atomic E-state index is -1.26. The van der Waals surface area contributed by atoms with Gasteiger partial charge in [-0.3, -0.25) is 9.59 Å². The van der Waals surface area contributed by atoms with Crippen molar-refractivity contribution < 1.29 is 19.1 Å². The lowest BCUT2D eigenvalue weighted by atomic mass is 9.80. The molecule has 4 nitrogen and oxygen atoms in total. The normalized spacial score (nSPS) is 22.1. The number of allylic oxidation sites excluding steroid dienone is 1. The van der Waals surface area contributed by atoms with Crippen molar-refractivity contribution in [2.75, 3.05) is 6.61 Å². The standard InChI is InChI=1S/C16H18O4/c1-3-19-14-10-7-11-16(15(14)18,20-12(2)17)13-8-5-4-6-9-13/h4-6,8-10H,3,7,11H2,1-2H3. The summed E-state index contributed by atoms with van der Waals surface area (Å²) >= 11 is 0. The van der Waals surface area contributed by atoms with E-state index in [1.165, 1.54) is 6.92 Å². The first kappa shape index (κ1) is 14.3. The smallest absolute Gasteiger partial charge is 0.303 e. The molecule has 0 fully saturated rings. The fourth-order valence-corrected chi connectivity index (χ4v) is 2.48. The number of rotatable bonds is 4. The molecule has 1 atom stereocenters. The van der Waals surface area contributed by atoms with Crippen molar-refractivity contribution in [1.82, 2.24) is 0 Å². The molecule has 106 valence electrons.